The second kappa shape index (κ2) is 3.26. The van der Waals surface area contributed by atoms with Crippen molar-refractivity contribution in [2.24, 2.45) is 0 Å². The van der Waals surface area contributed by atoms with E-state index >= 15 is 0 Å². The van der Waals surface area contributed by atoms with Crippen LogP contribution in [-0.4, -0.2) is 6.29 Å². The fourth-order valence-corrected chi connectivity index (χ4v) is 1.34. The zero-order valence-corrected chi connectivity index (χ0v) is 7.03. The van der Waals surface area contributed by atoms with E-state index in [1.54, 1.807) is 0 Å². The van der Waals surface area contributed by atoms with Gasteiger partial charge in [0, 0.05) is 11.1 Å². The molecule has 1 aromatic rings. The number of hydrogen-bond donors (Lipinski definition) is 0. The van der Waals surface area contributed by atoms with E-state index in [4.69, 9.17) is 0 Å². The van der Waals surface area contributed by atoms with Crippen LogP contribution >= 0.6 is 0 Å². The number of carbonyl (C=O) groups excluding carboxylic acids is 1. The van der Waals surface area contributed by atoms with Gasteiger partial charge in [-0.15, -0.1) is 5.73 Å². The van der Waals surface area contributed by atoms with Crippen LogP contribution in [0.15, 0.2) is 48.2 Å². The van der Waals surface area contributed by atoms with E-state index in [1.807, 2.05) is 42.5 Å². The molecule has 0 saturated heterocycles. The molecule has 2 rings (SSSR count). The number of carbonyl (C=O) groups is 1. The van der Waals surface area contributed by atoms with Crippen molar-refractivity contribution in [1.82, 2.24) is 0 Å². The van der Waals surface area contributed by atoms with Crippen LogP contribution in [0.1, 0.15) is 15.9 Å². The molecule has 0 unspecified atom stereocenters. The molecule has 0 heterocycles. The molecule has 0 spiro atoms. The Morgan fingerprint density at radius 2 is 2.08 bits per heavy atom. The van der Waals surface area contributed by atoms with Crippen molar-refractivity contribution < 1.29 is 4.79 Å². The van der Waals surface area contributed by atoms with Gasteiger partial charge in [-0.3, -0.25) is 4.79 Å². The first-order valence-electron chi connectivity index (χ1n) is 4.10. The van der Waals surface area contributed by atoms with Crippen LogP contribution in [0.5, 0.6) is 0 Å². The fraction of sp³-hybridized carbons (Fsp3) is 0. The maximum absolute atomic E-state index is 10.7. The number of rotatable bonds is 2. The van der Waals surface area contributed by atoms with Gasteiger partial charge in [-0.05, 0) is 17.7 Å². The molecule has 0 radical (unpaired) electrons. The van der Waals surface area contributed by atoms with E-state index in [1.165, 1.54) is 0 Å². The van der Waals surface area contributed by atoms with Gasteiger partial charge in [-0.25, -0.2) is 0 Å². The molecular formula is C12H8O. The number of benzene rings is 1. The highest BCUT2D eigenvalue weighted by molar-refractivity contribution is 5.89. The molecule has 0 bridgehead atoms. The molecule has 1 heteroatoms. The Kier molecular flexibility index (Phi) is 1.95. The lowest BCUT2D eigenvalue weighted by atomic mass is 10.0. The van der Waals surface area contributed by atoms with E-state index in [2.05, 4.69) is 5.73 Å². The first kappa shape index (κ1) is 7.78. The monoisotopic (exact) mass is 168 g/mol. The highest BCUT2D eigenvalue weighted by atomic mass is 16.1. The van der Waals surface area contributed by atoms with Gasteiger partial charge in [0.2, 0.25) is 0 Å². The van der Waals surface area contributed by atoms with Crippen LogP contribution in [-0.2, 0) is 0 Å². The minimum absolute atomic E-state index is 0.713. The molecule has 0 saturated carbocycles. The molecule has 1 aromatic carbocycles. The molecule has 0 aliphatic heterocycles. The van der Waals surface area contributed by atoms with Crippen molar-refractivity contribution >= 4 is 11.9 Å². The quantitative estimate of drug-likeness (QED) is 0.490. The van der Waals surface area contributed by atoms with Crippen LogP contribution < -0.4 is 0 Å². The Hall–Kier alpha value is -1.85. The van der Waals surface area contributed by atoms with Crippen molar-refractivity contribution in [3.63, 3.8) is 0 Å². The summed E-state index contributed by atoms with van der Waals surface area (Å²) in [7, 11) is 0. The summed E-state index contributed by atoms with van der Waals surface area (Å²) in [5, 5.41) is 0. The molecule has 0 N–H and O–H groups in total. The van der Waals surface area contributed by atoms with Gasteiger partial charge in [0.25, 0.3) is 0 Å². The van der Waals surface area contributed by atoms with Crippen LogP contribution in [0.25, 0.3) is 5.57 Å². The van der Waals surface area contributed by atoms with E-state index in [9.17, 15) is 4.79 Å². The van der Waals surface area contributed by atoms with Gasteiger partial charge in [-0.1, -0.05) is 30.3 Å². The Labute approximate surface area is 76.7 Å². The first-order valence-corrected chi connectivity index (χ1v) is 4.10. The van der Waals surface area contributed by atoms with Crippen LogP contribution in [0.2, 0.25) is 0 Å². The van der Waals surface area contributed by atoms with E-state index in [0.29, 0.717) is 5.56 Å². The normalized spacial score (nSPS) is 13.1. The third-order valence-corrected chi connectivity index (χ3v) is 1.98. The van der Waals surface area contributed by atoms with Gasteiger partial charge in [-0.2, -0.15) is 0 Å². The van der Waals surface area contributed by atoms with Gasteiger partial charge in [0.05, 0.1) is 0 Å². The molecule has 0 aromatic heterocycles. The third kappa shape index (κ3) is 1.37. The highest BCUT2D eigenvalue weighted by Crippen LogP contribution is 2.20. The average Bonchev–Trinajstić information content (AvgIpc) is 2.70. The second-order valence-electron chi connectivity index (χ2n) is 2.79. The van der Waals surface area contributed by atoms with Crippen LogP contribution in [0.4, 0.5) is 0 Å². The smallest absolute Gasteiger partial charge is 0.150 e. The van der Waals surface area contributed by atoms with Crippen LogP contribution in [0.3, 0.4) is 0 Å². The number of hydrogen-bond acceptors (Lipinski definition) is 1. The molecule has 0 atom stereocenters. The van der Waals surface area contributed by atoms with E-state index in [0.717, 1.165) is 17.4 Å². The van der Waals surface area contributed by atoms with E-state index in [-0.39, 0.29) is 0 Å². The predicted octanol–water partition coefficient (Wildman–Crippen LogP) is 2.61. The molecular weight excluding hydrogens is 160 g/mol. The van der Waals surface area contributed by atoms with Gasteiger partial charge >= 0.3 is 0 Å². The number of allylic oxidation sites excluding steroid dienone is 3. The summed E-state index contributed by atoms with van der Waals surface area (Å²) in [6.07, 6.45) is 6.58. The minimum Gasteiger partial charge on any atom is -0.298 e. The minimum atomic E-state index is 0.713. The fourth-order valence-electron chi connectivity index (χ4n) is 1.34. The predicted molar refractivity (Wildman–Crippen MR) is 52.5 cm³/mol. The lowest BCUT2D eigenvalue weighted by Gasteiger charge is -2.00. The van der Waals surface area contributed by atoms with Gasteiger partial charge in [0.1, 0.15) is 0 Å². The summed E-state index contributed by atoms with van der Waals surface area (Å²) in [5.74, 6) is 0. The topological polar surface area (TPSA) is 17.1 Å². The maximum atomic E-state index is 10.7. The van der Waals surface area contributed by atoms with Crippen molar-refractivity contribution in [2.45, 2.75) is 0 Å². The SMILES string of the molecule is O=Cc1ccccc1C1=C=CC=C1. The Balaban J connectivity index is 2.57. The largest absolute Gasteiger partial charge is 0.298 e. The molecule has 1 aliphatic rings. The Morgan fingerprint density at radius 1 is 1.23 bits per heavy atom. The lowest BCUT2D eigenvalue weighted by molar-refractivity contribution is 0.112. The summed E-state index contributed by atoms with van der Waals surface area (Å²) in [5.41, 5.74) is 5.70. The van der Waals surface area contributed by atoms with Crippen molar-refractivity contribution in [3.05, 3.63) is 59.4 Å². The zero-order chi connectivity index (χ0) is 9.10. The average molecular weight is 168 g/mol. The Bertz CT molecular complexity index is 432. The maximum Gasteiger partial charge on any atom is 0.150 e. The van der Waals surface area contributed by atoms with E-state index < -0.39 is 0 Å². The molecule has 62 valence electrons. The first-order chi connectivity index (χ1) is 6.42. The van der Waals surface area contributed by atoms with Crippen molar-refractivity contribution in [1.29, 1.82) is 0 Å². The summed E-state index contributed by atoms with van der Waals surface area (Å²) in [6.45, 7) is 0. The third-order valence-electron chi connectivity index (χ3n) is 1.98. The van der Waals surface area contributed by atoms with Crippen molar-refractivity contribution in [3.8, 4) is 0 Å². The number of aldehydes is 1. The summed E-state index contributed by atoms with van der Waals surface area (Å²) < 4.78 is 0. The summed E-state index contributed by atoms with van der Waals surface area (Å²) in [4.78, 5) is 10.7. The standard InChI is InChI=1S/C12H8O/c13-9-11-7-3-4-8-12(11)10-5-1-2-6-10/h1-5,7-9H. The van der Waals surface area contributed by atoms with Gasteiger partial charge in [0.15, 0.2) is 6.29 Å². The summed E-state index contributed by atoms with van der Waals surface area (Å²) >= 11 is 0. The molecule has 1 aliphatic carbocycles. The van der Waals surface area contributed by atoms with Crippen molar-refractivity contribution in [2.75, 3.05) is 0 Å². The highest BCUT2D eigenvalue weighted by Gasteiger charge is 2.04. The molecule has 0 amide bonds. The van der Waals surface area contributed by atoms with Crippen LogP contribution in [0, 0.1) is 0 Å². The Morgan fingerprint density at radius 3 is 2.77 bits per heavy atom. The molecule has 0 fully saturated rings. The van der Waals surface area contributed by atoms with Gasteiger partial charge < -0.3 is 0 Å². The zero-order valence-electron chi connectivity index (χ0n) is 7.03. The lowest BCUT2D eigenvalue weighted by Crippen LogP contribution is -1.87. The second-order valence-corrected chi connectivity index (χ2v) is 2.79. The molecule has 1 nitrogen and oxygen atoms in total. The summed E-state index contributed by atoms with van der Waals surface area (Å²) in [6, 6.07) is 7.51. The molecule has 13 heavy (non-hydrogen) atoms.